The van der Waals surface area contributed by atoms with Gasteiger partial charge in [-0.05, 0) is 106 Å². The van der Waals surface area contributed by atoms with E-state index >= 15 is 0 Å². The van der Waals surface area contributed by atoms with Crippen molar-refractivity contribution in [2.45, 2.75) is 26.5 Å². The van der Waals surface area contributed by atoms with Gasteiger partial charge in [-0.2, -0.15) is 0 Å². The normalized spacial score (nSPS) is 14.9. The monoisotopic (exact) mass is 813 g/mol. The molecular formula is C28H21I2N3O6S2. The number of nitro benzene ring substituents is 1. The quantitative estimate of drug-likeness (QED) is 0.0998. The maximum Gasteiger partial charge on any atom is 0.338 e. The second-order valence-corrected chi connectivity index (χ2v) is 13.2. The topological polar surface area (TPSA) is 113 Å². The lowest BCUT2D eigenvalue weighted by Gasteiger charge is -2.23. The minimum atomic E-state index is -0.638. The minimum absolute atomic E-state index is 0.0101. The number of thiophene rings is 1. The van der Waals surface area contributed by atoms with Crippen LogP contribution in [0.2, 0.25) is 0 Å². The van der Waals surface area contributed by atoms with Gasteiger partial charge in [-0.3, -0.25) is 19.5 Å². The zero-order valence-corrected chi connectivity index (χ0v) is 27.6. The largest absolute Gasteiger partial charge is 0.487 e. The lowest BCUT2D eigenvalue weighted by Crippen LogP contribution is -2.39. The smallest absolute Gasteiger partial charge is 0.338 e. The van der Waals surface area contributed by atoms with Crippen molar-refractivity contribution in [3.63, 3.8) is 0 Å². The number of non-ortho nitro benzene ring substituents is 1. The van der Waals surface area contributed by atoms with Gasteiger partial charge in [-0.15, -0.1) is 11.3 Å². The Balaban J connectivity index is 1.58. The number of nitro groups is 1. The molecule has 13 heteroatoms. The molecule has 0 bridgehead atoms. The highest BCUT2D eigenvalue weighted by Crippen LogP contribution is 2.33. The van der Waals surface area contributed by atoms with Crippen LogP contribution < -0.4 is 19.6 Å². The first-order chi connectivity index (χ1) is 19.7. The molecule has 5 rings (SSSR count). The van der Waals surface area contributed by atoms with E-state index in [2.05, 4.69) is 50.2 Å². The number of rotatable bonds is 8. The Morgan fingerprint density at radius 1 is 1.22 bits per heavy atom. The van der Waals surface area contributed by atoms with Crippen molar-refractivity contribution < 1.29 is 19.2 Å². The third kappa shape index (κ3) is 6.17. The van der Waals surface area contributed by atoms with Gasteiger partial charge in [0, 0.05) is 26.1 Å². The lowest BCUT2D eigenvalue weighted by atomic mass is 10.0. The van der Waals surface area contributed by atoms with Crippen LogP contribution in [0.5, 0.6) is 5.75 Å². The molecule has 0 fully saturated rings. The van der Waals surface area contributed by atoms with Crippen LogP contribution in [0, 0.1) is 17.3 Å². The number of carbonyl (C=O) groups excluding carboxylic acids is 1. The first kappa shape index (κ1) is 29.6. The zero-order chi connectivity index (χ0) is 29.3. The number of hydrogen-bond acceptors (Lipinski definition) is 9. The molecule has 0 amide bonds. The number of nitrogens with zero attached hydrogens (tertiary/aromatic N) is 3. The second-order valence-electron chi connectivity index (χ2n) is 8.84. The number of ether oxygens (including phenoxy) is 2. The molecule has 3 heterocycles. The number of hydrogen-bond donors (Lipinski definition) is 0. The Morgan fingerprint density at radius 2 is 1.98 bits per heavy atom. The van der Waals surface area contributed by atoms with E-state index in [1.54, 1.807) is 36.6 Å². The Hall–Kier alpha value is -2.89. The molecule has 1 aliphatic heterocycles. The summed E-state index contributed by atoms with van der Waals surface area (Å²) in [6.45, 7) is 3.91. The predicted octanol–water partition coefficient (Wildman–Crippen LogP) is 5.56. The fraction of sp³-hybridized carbons (Fsp3) is 0.179. The van der Waals surface area contributed by atoms with Gasteiger partial charge in [0.1, 0.15) is 18.4 Å². The van der Waals surface area contributed by atoms with E-state index in [1.807, 2.05) is 29.6 Å². The van der Waals surface area contributed by atoms with Crippen LogP contribution in [0.4, 0.5) is 5.69 Å². The maximum atomic E-state index is 13.9. The van der Waals surface area contributed by atoms with Crippen molar-refractivity contribution in [3.05, 3.63) is 118 Å². The van der Waals surface area contributed by atoms with Gasteiger partial charge in [0.2, 0.25) is 0 Å². The molecule has 0 saturated heterocycles. The van der Waals surface area contributed by atoms with E-state index in [4.69, 9.17) is 9.47 Å². The summed E-state index contributed by atoms with van der Waals surface area (Å²) in [5, 5.41) is 12.9. The minimum Gasteiger partial charge on any atom is -0.487 e. The Morgan fingerprint density at radius 3 is 2.63 bits per heavy atom. The van der Waals surface area contributed by atoms with E-state index < -0.39 is 16.9 Å². The number of allylic oxidation sites excluding steroid dienone is 1. The summed E-state index contributed by atoms with van der Waals surface area (Å²) in [4.78, 5) is 43.4. The maximum absolute atomic E-state index is 13.9. The number of esters is 1. The molecule has 2 aromatic heterocycles. The highest BCUT2D eigenvalue weighted by atomic mass is 127. The van der Waals surface area contributed by atoms with Crippen LogP contribution in [0.15, 0.2) is 75.0 Å². The molecule has 1 atom stereocenters. The lowest BCUT2D eigenvalue weighted by molar-refractivity contribution is -0.384. The summed E-state index contributed by atoms with van der Waals surface area (Å²) in [5.74, 6) is 0.101. The predicted molar refractivity (Wildman–Crippen MR) is 174 cm³/mol. The third-order valence-electron chi connectivity index (χ3n) is 6.18. The molecule has 0 radical (unpaired) electrons. The summed E-state index contributed by atoms with van der Waals surface area (Å²) >= 11 is 7.12. The molecule has 0 spiro atoms. The molecule has 0 unspecified atom stereocenters. The fourth-order valence-electron chi connectivity index (χ4n) is 4.36. The molecule has 41 heavy (non-hydrogen) atoms. The molecule has 210 valence electrons. The first-order valence-corrected chi connectivity index (χ1v) is 16.1. The van der Waals surface area contributed by atoms with Crippen LogP contribution >= 0.6 is 67.9 Å². The molecule has 2 aromatic carbocycles. The fourth-order valence-corrected chi connectivity index (χ4v) is 8.26. The average molecular weight is 813 g/mol. The van der Waals surface area contributed by atoms with Gasteiger partial charge in [-0.25, -0.2) is 9.79 Å². The van der Waals surface area contributed by atoms with E-state index in [0.717, 1.165) is 17.6 Å². The summed E-state index contributed by atoms with van der Waals surface area (Å²) in [6, 6.07) is 13.2. The van der Waals surface area contributed by atoms with Crippen molar-refractivity contribution in [2.75, 3.05) is 6.61 Å². The van der Waals surface area contributed by atoms with Crippen LogP contribution in [-0.2, 0) is 16.1 Å². The SMILES string of the molecule is CCOC(=O)C1=C(C)N=c2s/c(=C\c3cc(I)cc(I)c3OCc3ccc([N+](=O)[O-])cc3)c(=O)n2[C@H]1c1cccs1. The van der Waals surface area contributed by atoms with Gasteiger partial charge in [0.15, 0.2) is 4.80 Å². The number of halogens is 2. The third-order valence-corrected chi connectivity index (χ3v) is 9.52. The highest BCUT2D eigenvalue weighted by molar-refractivity contribution is 14.1. The first-order valence-electron chi connectivity index (χ1n) is 12.3. The average Bonchev–Trinajstić information content (AvgIpc) is 3.56. The van der Waals surface area contributed by atoms with Crippen LogP contribution in [0.1, 0.15) is 35.9 Å². The number of carbonyl (C=O) groups is 1. The Bertz CT molecular complexity index is 1860. The van der Waals surface area contributed by atoms with Crippen molar-refractivity contribution in [1.29, 1.82) is 0 Å². The van der Waals surface area contributed by atoms with Crippen molar-refractivity contribution in [2.24, 2.45) is 4.99 Å². The Labute approximate surface area is 269 Å². The summed E-state index contributed by atoms with van der Waals surface area (Å²) in [7, 11) is 0. The van der Waals surface area contributed by atoms with Gasteiger partial charge in [0.05, 0.1) is 30.9 Å². The summed E-state index contributed by atoms with van der Waals surface area (Å²) in [6.07, 6.45) is 1.79. The number of aromatic nitrogens is 1. The molecule has 1 aliphatic rings. The van der Waals surface area contributed by atoms with Gasteiger partial charge in [-0.1, -0.05) is 17.4 Å². The second kappa shape index (κ2) is 12.5. The van der Waals surface area contributed by atoms with Crippen LogP contribution in [0.3, 0.4) is 0 Å². The molecule has 4 aromatic rings. The van der Waals surface area contributed by atoms with Crippen LogP contribution in [0.25, 0.3) is 6.08 Å². The van der Waals surface area contributed by atoms with Gasteiger partial charge in [0.25, 0.3) is 11.2 Å². The summed E-state index contributed by atoms with van der Waals surface area (Å²) < 4.78 is 15.4. The highest BCUT2D eigenvalue weighted by Gasteiger charge is 2.34. The van der Waals surface area contributed by atoms with Crippen molar-refractivity contribution >= 4 is 85.6 Å². The van der Waals surface area contributed by atoms with E-state index in [-0.39, 0.29) is 24.5 Å². The van der Waals surface area contributed by atoms with Crippen molar-refractivity contribution in [3.8, 4) is 5.75 Å². The number of fused-ring (bicyclic) bond motifs is 1. The molecule has 9 nitrogen and oxygen atoms in total. The zero-order valence-electron chi connectivity index (χ0n) is 21.6. The van der Waals surface area contributed by atoms with E-state index in [9.17, 15) is 19.7 Å². The standard InChI is InChI=1S/C28H21I2N3O6S2/c1-3-38-27(35)23-15(2)31-28-32(24(23)21-5-4-10-40-21)26(34)22(41-28)12-17-11-18(29)13-20(30)25(17)39-14-16-6-8-19(9-7-16)33(36)37/h4-13,24H,3,14H2,1-2H3/b22-12-/t24-/m0/s1. The molecular weight excluding hydrogens is 792 g/mol. The Kier molecular flexibility index (Phi) is 9.06. The van der Waals surface area contributed by atoms with Gasteiger partial charge >= 0.3 is 5.97 Å². The molecule has 0 aliphatic carbocycles. The molecule has 0 saturated carbocycles. The van der Waals surface area contributed by atoms with Crippen molar-refractivity contribution in [1.82, 2.24) is 4.57 Å². The molecule has 0 N–H and O–H groups in total. The van der Waals surface area contributed by atoms with E-state index in [0.29, 0.717) is 31.9 Å². The van der Waals surface area contributed by atoms with E-state index in [1.165, 1.54) is 34.8 Å². The number of thiazole rings is 1. The van der Waals surface area contributed by atoms with Crippen LogP contribution in [-0.4, -0.2) is 22.1 Å². The number of benzene rings is 2. The summed E-state index contributed by atoms with van der Waals surface area (Å²) in [5.41, 5.74) is 2.10. The van der Waals surface area contributed by atoms with Gasteiger partial charge < -0.3 is 9.47 Å².